The fourth-order valence-corrected chi connectivity index (χ4v) is 3.36. The van der Waals surface area contributed by atoms with Crippen LogP contribution in [0.5, 0.6) is 5.75 Å². The van der Waals surface area contributed by atoms with Crippen molar-refractivity contribution in [3.8, 4) is 17.1 Å². The van der Waals surface area contributed by atoms with E-state index in [-0.39, 0.29) is 6.10 Å². The van der Waals surface area contributed by atoms with Crippen LogP contribution < -0.4 is 10.2 Å². The highest BCUT2D eigenvalue weighted by Crippen LogP contribution is 2.29. The number of ether oxygens (including phenoxy) is 1. The van der Waals surface area contributed by atoms with Gasteiger partial charge in [0.15, 0.2) is 5.82 Å². The number of pyridine rings is 1. The highest BCUT2D eigenvalue weighted by Gasteiger charge is 2.13. The molecule has 0 atom stereocenters. The SMILES string of the molecule is CC(C)Oc1ccc2ccccc2c1CNn1c(-c2ccncc2)n[nH]c1=S. The minimum atomic E-state index is 0.0865. The van der Waals surface area contributed by atoms with E-state index in [1.54, 1.807) is 17.1 Å². The molecule has 0 aliphatic heterocycles. The van der Waals surface area contributed by atoms with Crippen molar-refractivity contribution in [2.75, 3.05) is 5.43 Å². The Hall–Kier alpha value is -3.19. The highest BCUT2D eigenvalue weighted by molar-refractivity contribution is 7.71. The van der Waals surface area contributed by atoms with Crippen LogP contribution in [-0.2, 0) is 6.54 Å². The zero-order valence-corrected chi connectivity index (χ0v) is 16.5. The van der Waals surface area contributed by atoms with E-state index in [4.69, 9.17) is 17.0 Å². The van der Waals surface area contributed by atoms with Crippen molar-refractivity contribution < 1.29 is 4.74 Å². The number of aromatic amines is 1. The molecule has 0 saturated carbocycles. The van der Waals surface area contributed by atoms with Crippen LogP contribution in [0.2, 0.25) is 0 Å². The summed E-state index contributed by atoms with van der Waals surface area (Å²) in [5.41, 5.74) is 5.40. The van der Waals surface area contributed by atoms with Crippen molar-refractivity contribution in [2.24, 2.45) is 0 Å². The van der Waals surface area contributed by atoms with E-state index in [1.807, 2.05) is 44.2 Å². The molecular formula is C21H21N5OS. The fraction of sp³-hybridized carbons (Fsp3) is 0.190. The first-order valence-electron chi connectivity index (χ1n) is 9.12. The van der Waals surface area contributed by atoms with Gasteiger partial charge in [-0.3, -0.25) is 4.98 Å². The van der Waals surface area contributed by atoms with Crippen LogP contribution in [0.3, 0.4) is 0 Å². The molecular weight excluding hydrogens is 370 g/mol. The van der Waals surface area contributed by atoms with Crippen molar-refractivity contribution in [1.82, 2.24) is 19.9 Å². The molecule has 0 spiro atoms. The second kappa shape index (κ2) is 7.82. The van der Waals surface area contributed by atoms with E-state index in [1.165, 1.54) is 5.39 Å². The zero-order chi connectivity index (χ0) is 19.5. The average molecular weight is 392 g/mol. The Morgan fingerprint density at radius 3 is 2.68 bits per heavy atom. The maximum atomic E-state index is 6.06. The molecule has 0 unspecified atom stereocenters. The fourth-order valence-electron chi connectivity index (χ4n) is 3.16. The summed E-state index contributed by atoms with van der Waals surface area (Å²) in [7, 11) is 0. The number of rotatable bonds is 6. The van der Waals surface area contributed by atoms with Gasteiger partial charge in [0.2, 0.25) is 4.77 Å². The lowest BCUT2D eigenvalue weighted by molar-refractivity contribution is 0.240. The summed E-state index contributed by atoms with van der Waals surface area (Å²) < 4.78 is 8.34. The summed E-state index contributed by atoms with van der Waals surface area (Å²) in [5.74, 6) is 1.57. The third-order valence-corrected chi connectivity index (χ3v) is 4.66. The summed E-state index contributed by atoms with van der Waals surface area (Å²) in [6.07, 6.45) is 3.55. The Morgan fingerprint density at radius 2 is 1.89 bits per heavy atom. The van der Waals surface area contributed by atoms with Gasteiger partial charge in [0.05, 0.1) is 12.6 Å². The summed E-state index contributed by atoms with van der Waals surface area (Å²) >= 11 is 5.42. The standard InChI is InChI=1S/C21H21N5OS/c1-14(2)27-19-8-7-15-5-3-4-6-17(15)18(19)13-23-26-20(24-25-21(26)28)16-9-11-22-12-10-16/h3-12,14,23H,13H2,1-2H3,(H,25,28). The topological polar surface area (TPSA) is 67.8 Å². The van der Waals surface area contributed by atoms with Crippen LogP contribution in [0.15, 0.2) is 60.9 Å². The van der Waals surface area contributed by atoms with Crippen molar-refractivity contribution in [1.29, 1.82) is 0 Å². The van der Waals surface area contributed by atoms with E-state index >= 15 is 0 Å². The Morgan fingerprint density at radius 1 is 1.11 bits per heavy atom. The van der Waals surface area contributed by atoms with Crippen LogP contribution in [0.1, 0.15) is 19.4 Å². The molecule has 0 fully saturated rings. The van der Waals surface area contributed by atoms with Crippen LogP contribution >= 0.6 is 12.2 Å². The third-order valence-electron chi connectivity index (χ3n) is 4.39. The van der Waals surface area contributed by atoms with Gasteiger partial charge in [-0.25, -0.2) is 9.77 Å². The molecule has 0 saturated heterocycles. The smallest absolute Gasteiger partial charge is 0.214 e. The lowest BCUT2D eigenvalue weighted by Crippen LogP contribution is -2.17. The van der Waals surface area contributed by atoms with E-state index in [0.29, 0.717) is 17.1 Å². The first-order valence-corrected chi connectivity index (χ1v) is 9.53. The van der Waals surface area contributed by atoms with Crippen molar-refractivity contribution in [2.45, 2.75) is 26.5 Å². The van der Waals surface area contributed by atoms with Crippen LogP contribution in [0.4, 0.5) is 0 Å². The summed E-state index contributed by atoms with van der Waals surface area (Å²) in [5, 5.41) is 9.53. The van der Waals surface area contributed by atoms with Gasteiger partial charge < -0.3 is 10.2 Å². The number of aromatic nitrogens is 4. The highest BCUT2D eigenvalue weighted by atomic mass is 32.1. The molecule has 2 N–H and O–H groups in total. The molecule has 7 heteroatoms. The Labute approximate surface area is 168 Å². The van der Waals surface area contributed by atoms with Gasteiger partial charge in [-0.2, -0.15) is 5.10 Å². The maximum Gasteiger partial charge on any atom is 0.214 e. The number of hydrogen-bond acceptors (Lipinski definition) is 5. The molecule has 6 nitrogen and oxygen atoms in total. The van der Waals surface area contributed by atoms with Gasteiger partial charge in [-0.1, -0.05) is 30.3 Å². The molecule has 4 aromatic rings. The molecule has 2 heterocycles. The number of hydrogen-bond donors (Lipinski definition) is 2. The number of H-pyrrole nitrogens is 1. The van der Waals surface area contributed by atoms with Gasteiger partial charge in [-0.05, 0) is 55.0 Å². The molecule has 0 radical (unpaired) electrons. The molecule has 4 rings (SSSR count). The Bertz CT molecular complexity index is 1150. The predicted molar refractivity (Wildman–Crippen MR) is 113 cm³/mol. The number of fused-ring (bicyclic) bond motifs is 1. The minimum absolute atomic E-state index is 0.0865. The lowest BCUT2D eigenvalue weighted by atomic mass is 10.0. The van der Waals surface area contributed by atoms with E-state index < -0.39 is 0 Å². The van der Waals surface area contributed by atoms with Crippen molar-refractivity contribution in [3.63, 3.8) is 0 Å². The van der Waals surface area contributed by atoms with Gasteiger partial charge in [0.25, 0.3) is 0 Å². The molecule has 0 amide bonds. The van der Waals surface area contributed by atoms with Gasteiger partial charge in [0.1, 0.15) is 5.75 Å². The quantitative estimate of drug-likeness (QED) is 0.467. The van der Waals surface area contributed by atoms with Crippen LogP contribution in [0, 0.1) is 4.77 Å². The molecule has 2 aromatic heterocycles. The Balaban J connectivity index is 1.72. The summed E-state index contributed by atoms with van der Waals surface area (Å²) in [6.45, 7) is 4.59. The van der Waals surface area contributed by atoms with E-state index in [2.05, 4.69) is 38.8 Å². The first-order chi connectivity index (χ1) is 13.6. The number of nitrogens with one attached hydrogen (secondary N) is 2. The monoisotopic (exact) mass is 391 g/mol. The van der Waals surface area contributed by atoms with E-state index in [0.717, 1.165) is 22.3 Å². The second-order valence-electron chi connectivity index (χ2n) is 6.69. The largest absolute Gasteiger partial charge is 0.491 e. The molecule has 2 aromatic carbocycles. The molecule has 142 valence electrons. The lowest BCUT2D eigenvalue weighted by Gasteiger charge is -2.18. The molecule has 0 bridgehead atoms. The van der Waals surface area contributed by atoms with Gasteiger partial charge >= 0.3 is 0 Å². The Kier molecular flexibility index (Phi) is 5.08. The first kappa shape index (κ1) is 18.2. The van der Waals surface area contributed by atoms with Crippen molar-refractivity contribution >= 4 is 23.0 Å². The number of nitrogens with zero attached hydrogens (tertiary/aromatic N) is 3. The molecule has 28 heavy (non-hydrogen) atoms. The van der Waals surface area contributed by atoms with E-state index in [9.17, 15) is 0 Å². The summed E-state index contributed by atoms with van der Waals surface area (Å²) in [6, 6.07) is 16.2. The van der Waals surface area contributed by atoms with Gasteiger partial charge in [0, 0.05) is 23.5 Å². The second-order valence-corrected chi connectivity index (χ2v) is 7.08. The zero-order valence-electron chi connectivity index (χ0n) is 15.7. The average Bonchev–Trinajstić information content (AvgIpc) is 3.08. The predicted octanol–water partition coefficient (Wildman–Crippen LogP) is 4.69. The van der Waals surface area contributed by atoms with Gasteiger partial charge in [-0.15, -0.1) is 0 Å². The molecule has 0 aliphatic carbocycles. The normalized spacial score (nSPS) is 11.1. The minimum Gasteiger partial charge on any atom is -0.491 e. The van der Waals surface area contributed by atoms with Crippen LogP contribution in [-0.4, -0.2) is 26.0 Å². The summed E-state index contributed by atoms with van der Waals surface area (Å²) in [4.78, 5) is 4.06. The third kappa shape index (κ3) is 3.61. The molecule has 0 aliphatic rings. The maximum absolute atomic E-state index is 6.06. The van der Waals surface area contributed by atoms with Crippen LogP contribution in [0.25, 0.3) is 22.2 Å². The van der Waals surface area contributed by atoms with Crippen molar-refractivity contribution in [3.05, 3.63) is 71.3 Å². The number of benzene rings is 2.